The van der Waals surface area contributed by atoms with Gasteiger partial charge in [-0.05, 0) is 54.9 Å². The lowest BCUT2D eigenvalue weighted by Crippen LogP contribution is -2.41. The third kappa shape index (κ3) is 4.56. The minimum atomic E-state index is -0.313. The second-order valence-electron chi connectivity index (χ2n) is 4.15. The first kappa shape index (κ1) is 14.3. The average molecular weight is 320 g/mol. The zero-order valence-corrected chi connectivity index (χ0v) is 12.4. The van der Waals surface area contributed by atoms with Crippen LogP contribution in [0.3, 0.4) is 0 Å². The summed E-state index contributed by atoms with van der Waals surface area (Å²) in [5.41, 5.74) is 0.809. The van der Waals surface area contributed by atoms with Crippen molar-refractivity contribution in [2.75, 3.05) is 5.32 Å². The summed E-state index contributed by atoms with van der Waals surface area (Å²) < 4.78 is 0.881. The molecule has 5 heteroatoms. The summed E-state index contributed by atoms with van der Waals surface area (Å²) >= 11 is 9.31. The fraction of sp³-hybridized carbons (Fsp3) is 0.417. The van der Waals surface area contributed by atoms with E-state index in [4.69, 9.17) is 11.6 Å². The molecule has 1 aromatic rings. The molecule has 1 atom stereocenters. The Labute approximate surface area is 115 Å². The Morgan fingerprint density at radius 3 is 2.59 bits per heavy atom. The van der Waals surface area contributed by atoms with Crippen molar-refractivity contribution in [1.82, 2.24) is 5.32 Å². The monoisotopic (exact) mass is 318 g/mol. The fourth-order valence-electron chi connectivity index (χ4n) is 1.32. The smallest absolute Gasteiger partial charge is 0.242 e. The molecule has 0 bridgehead atoms. The number of hydrogen-bond donors (Lipinski definition) is 2. The van der Waals surface area contributed by atoms with Crippen molar-refractivity contribution in [3.63, 3.8) is 0 Å². The van der Waals surface area contributed by atoms with Crippen molar-refractivity contribution in [3.05, 3.63) is 27.7 Å². The first-order valence-corrected chi connectivity index (χ1v) is 6.59. The Kier molecular flexibility index (Phi) is 5.28. The van der Waals surface area contributed by atoms with E-state index >= 15 is 0 Å². The molecule has 0 saturated heterocycles. The average Bonchev–Trinajstić information content (AvgIpc) is 2.22. The first-order chi connectivity index (χ1) is 7.90. The van der Waals surface area contributed by atoms with Gasteiger partial charge in [0.25, 0.3) is 0 Å². The highest BCUT2D eigenvalue weighted by atomic mass is 79.9. The van der Waals surface area contributed by atoms with E-state index in [1.807, 2.05) is 26.8 Å². The van der Waals surface area contributed by atoms with Gasteiger partial charge in [0.05, 0.1) is 5.69 Å². The lowest BCUT2D eigenvalue weighted by Gasteiger charge is -2.18. The number of carbonyl (C=O) groups excluding carboxylic acids is 1. The van der Waals surface area contributed by atoms with E-state index in [1.165, 1.54) is 0 Å². The van der Waals surface area contributed by atoms with Crippen LogP contribution >= 0.6 is 27.5 Å². The van der Waals surface area contributed by atoms with Crippen molar-refractivity contribution >= 4 is 39.1 Å². The lowest BCUT2D eigenvalue weighted by atomic mass is 10.2. The highest BCUT2D eigenvalue weighted by molar-refractivity contribution is 9.10. The van der Waals surface area contributed by atoms with Crippen LogP contribution in [-0.4, -0.2) is 18.0 Å². The molecule has 2 N–H and O–H groups in total. The second-order valence-corrected chi connectivity index (χ2v) is 5.44. The molecule has 1 rings (SSSR count). The summed E-state index contributed by atoms with van der Waals surface area (Å²) in [7, 11) is 0. The SMILES string of the molecule is CC(C)NC(=O)C(C)Nc1cc(Cl)ccc1Br. The lowest BCUT2D eigenvalue weighted by molar-refractivity contribution is -0.122. The van der Waals surface area contributed by atoms with Crippen LogP contribution in [-0.2, 0) is 4.79 Å². The number of rotatable bonds is 4. The quantitative estimate of drug-likeness (QED) is 0.893. The molecule has 17 heavy (non-hydrogen) atoms. The van der Waals surface area contributed by atoms with Crippen LogP contribution in [0.4, 0.5) is 5.69 Å². The number of hydrogen-bond acceptors (Lipinski definition) is 2. The summed E-state index contributed by atoms with van der Waals surface area (Å²) in [6.45, 7) is 5.67. The van der Waals surface area contributed by atoms with Crippen LogP contribution in [0, 0.1) is 0 Å². The highest BCUT2D eigenvalue weighted by Gasteiger charge is 2.14. The number of amides is 1. The van der Waals surface area contributed by atoms with Crippen molar-refractivity contribution < 1.29 is 4.79 Å². The van der Waals surface area contributed by atoms with Crippen LogP contribution in [0.25, 0.3) is 0 Å². The van der Waals surface area contributed by atoms with E-state index in [-0.39, 0.29) is 18.0 Å². The summed E-state index contributed by atoms with van der Waals surface area (Å²) in [6, 6.07) is 5.24. The standard InChI is InChI=1S/C12H16BrClN2O/c1-7(2)15-12(17)8(3)16-11-6-9(14)4-5-10(11)13/h4-8,16H,1-3H3,(H,15,17). The molecule has 1 amide bonds. The van der Waals surface area contributed by atoms with Crippen LogP contribution in [0.2, 0.25) is 5.02 Å². The largest absolute Gasteiger partial charge is 0.373 e. The molecule has 1 unspecified atom stereocenters. The molecule has 0 saturated carbocycles. The molecule has 0 aliphatic carbocycles. The van der Waals surface area contributed by atoms with Crippen LogP contribution in [0.15, 0.2) is 22.7 Å². The molecule has 94 valence electrons. The van der Waals surface area contributed by atoms with Crippen LogP contribution < -0.4 is 10.6 Å². The third-order valence-electron chi connectivity index (χ3n) is 2.12. The van der Waals surface area contributed by atoms with Gasteiger partial charge in [-0.15, -0.1) is 0 Å². The minimum absolute atomic E-state index is 0.0353. The summed E-state index contributed by atoms with van der Waals surface area (Å²) in [4.78, 5) is 11.7. The van der Waals surface area contributed by atoms with E-state index in [0.29, 0.717) is 5.02 Å². The molecule has 0 aliphatic rings. The van der Waals surface area contributed by atoms with E-state index < -0.39 is 0 Å². The van der Waals surface area contributed by atoms with Crippen LogP contribution in [0.5, 0.6) is 0 Å². The van der Waals surface area contributed by atoms with Gasteiger partial charge < -0.3 is 10.6 Å². The molecular weight excluding hydrogens is 304 g/mol. The maximum absolute atomic E-state index is 11.7. The number of carbonyl (C=O) groups is 1. The van der Waals surface area contributed by atoms with Crippen molar-refractivity contribution in [3.8, 4) is 0 Å². The number of nitrogens with one attached hydrogen (secondary N) is 2. The molecule has 0 fully saturated rings. The summed E-state index contributed by atoms with van der Waals surface area (Å²) in [6.07, 6.45) is 0. The molecular formula is C12H16BrClN2O. The zero-order chi connectivity index (χ0) is 13.0. The molecule has 1 aromatic carbocycles. The van der Waals surface area contributed by atoms with Crippen LogP contribution in [0.1, 0.15) is 20.8 Å². The minimum Gasteiger partial charge on any atom is -0.373 e. The van der Waals surface area contributed by atoms with E-state index in [0.717, 1.165) is 10.2 Å². The Morgan fingerprint density at radius 2 is 2.00 bits per heavy atom. The maximum Gasteiger partial charge on any atom is 0.242 e. The van der Waals surface area contributed by atoms with Crippen molar-refractivity contribution in [1.29, 1.82) is 0 Å². The van der Waals surface area contributed by atoms with Crippen molar-refractivity contribution in [2.45, 2.75) is 32.9 Å². The topological polar surface area (TPSA) is 41.1 Å². The van der Waals surface area contributed by atoms with Gasteiger partial charge in [-0.3, -0.25) is 4.79 Å². The number of anilines is 1. The zero-order valence-electron chi connectivity index (χ0n) is 10.1. The Balaban J connectivity index is 2.70. The molecule has 0 aliphatic heterocycles. The van der Waals surface area contributed by atoms with Gasteiger partial charge >= 0.3 is 0 Å². The van der Waals surface area contributed by atoms with Gasteiger partial charge in [-0.1, -0.05) is 11.6 Å². The third-order valence-corrected chi connectivity index (χ3v) is 3.05. The fourth-order valence-corrected chi connectivity index (χ4v) is 1.85. The predicted molar refractivity (Wildman–Crippen MR) is 75.5 cm³/mol. The Bertz CT molecular complexity index is 409. The van der Waals surface area contributed by atoms with Gasteiger partial charge in [0, 0.05) is 15.5 Å². The normalized spacial score (nSPS) is 12.4. The number of halogens is 2. The molecule has 0 spiro atoms. The predicted octanol–water partition coefficient (Wildman–Crippen LogP) is 3.43. The van der Waals surface area contributed by atoms with Gasteiger partial charge in [-0.2, -0.15) is 0 Å². The van der Waals surface area contributed by atoms with Gasteiger partial charge in [0.2, 0.25) is 5.91 Å². The van der Waals surface area contributed by atoms with Gasteiger partial charge in [0.1, 0.15) is 6.04 Å². The second kappa shape index (κ2) is 6.26. The molecule has 0 aromatic heterocycles. The Morgan fingerprint density at radius 1 is 1.35 bits per heavy atom. The highest BCUT2D eigenvalue weighted by Crippen LogP contribution is 2.26. The first-order valence-electron chi connectivity index (χ1n) is 5.42. The van der Waals surface area contributed by atoms with E-state index in [1.54, 1.807) is 12.1 Å². The molecule has 0 radical (unpaired) electrons. The Hall–Kier alpha value is -0.740. The summed E-state index contributed by atoms with van der Waals surface area (Å²) in [5, 5.41) is 6.59. The maximum atomic E-state index is 11.7. The van der Waals surface area contributed by atoms with Crippen molar-refractivity contribution in [2.24, 2.45) is 0 Å². The molecule has 3 nitrogen and oxygen atoms in total. The van der Waals surface area contributed by atoms with Gasteiger partial charge in [0.15, 0.2) is 0 Å². The van der Waals surface area contributed by atoms with E-state index in [2.05, 4.69) is 26.6 Å². The van der Waals surface area contributed by atoms with E-state index in [9.17, 15) is 4.79 Å². The summed E-state index contributed by atoms with van der Waals surface area (Å²) in [5.74, 6) is -0.0353. The van der Waals surface area contributed by atoms with Gasteiger partial charge in [-0.25, -0.2) is 0 Å². The number of benzene rings is 1. The molecule has 0 heterocycles.